The molecule has 0 amide bonds. The molecule has 0 spiro atoms. The molecule has 0 bridgehead atoms. The molecule has 22 heavy (non-hydrogen) atoms. The molecule has 2 nitrogen and oxygen atoms in total. The molecule has 1 heterocycles. The molecule has 0 N–H and O–H groups in total. The van der Waals surface area contributed by atoms with Crippen molar-refractivity contribution in [1.29, 1.82) is 0 Å². The van der Waals surface area contributed by atoms with Gasteiger partial charge in [-0.1, -0.05) is 19.1 Å². The maximum atomic E-state index is 13.3. The van der Waals surface area contributed by atoms with Crippen LogP contribution < -0.4 is 4.90 Å². The van der Waals surface area contributed by atoms with Crippen LogP contribution in [0, 0.1) is 26.7 Å². The normalized spacial score (nSPS) is 21.7. The number of thiol groups is 1. The molecule has 118 valence electrons. The van der Waals surface area contributed by atoms with Crippen molar-refractivity contribution in [2.24, 2.45) is 5.92 Å². The summed E-state index contributed by atoms with van der Waals surface area (Å²) < 4.78 is 0. The molecule has 0 fully saturated rings. The van der Waals surface area contributed by atoms with Crippen LogP contribution in [0.2, 0.25) is 0 Å². The van der Waals surface area contributed by atoms with Gasteiger partial charge >= 0.3 is 0 Å². The van der Waals surface area contributed by atoms with Gasteiger partial charge in [0.25, 0.3) is 0 Å². The fourth-order valence-corrected chi connectivity index (χ4v) is 3.71. The van der Waals surface area contributed by atoms with E-state index in [2.05, 4.69) is 44.5 Å². The van der Waals surface area contributed by atoms with E-state index < -0.39 is 5.54 Å². The highest BCUT2D eigenvalue weighted by Gasteiger charge is 2.51. The highest BCUT2D eigenvalue weighted by Crippen LogP contribution is 2.48. The van der Waals surface area contributed by atoms with Crippen molar-refractivity contribution >= 4 is 24.1 Å². The Bertz CT molecular complexity index is 677. The van der Waals surface area contributed by atoms with Gasteiger partial charge in [-0.25, -0.2) is 0 Å². The van der Waals surface area contributed by atoms with Crippen LogP contribution in [-0.2, 0) is 0 Å². The molecule has 0 radical (unpaired) electrons. The Kier molecular flexibility index (Phi) is 4.31. The fraction of sp³-hybridized carbons (Fsp3) is 0.421. The standard InChI is InChI=1S/C19H25NOS/c1-8-10-20-16-12(4)13(5)17(22)14(6)15(16)18(21)19(20,7)11(3)9-2/h8-9,11,22H,1-2,10H2,3-7H3. The van der Waals surface area contributed by atoms with Crippen LogP contribution in [0.15, 0.2) is 30.2 Å². The van der Waals surface area contributed by atoms with E-state index in [4.69, 9.17) is 0 Å². The minimum absolute atomic E-state index is 0.0369. The highest BCUT2D eigenvalue weighted by molar-refractivity contribution is 7.80. The van der Waals surface area contributed by atoms with Gasteiger partial charge in [-0.05, 0) is 44.4 Å². The number of hydrogen-bond acceptors (Lipinski definition) is 3. The summed E-state index contributed by atoms with van der Waals surface area (Å²) in [5, 5.41) is 0. The summed E-state index contributed by atoms with van der Waals surface area (Å²) in [5.41, 5.74) is 4.46. The van der Waals surface area contributed by atoms with E-state index in [1.807, 2.05) is 32.9 Å². The van der Waals surface area contributed by atoms with E-state index in [-0.39, 0.29) is 11.7 Å². The number of anilines is 1. The van der Waals surface area contributed by atoms with Crippen molar-refractivity contribution in [1.82, 2.24) is 0 Å². The summed E-state index contributed by atoms with van der Waals surface area (Å²) in [4.78, 5) is 16.4. The first-order valence-electron chi connectivity index (χ1n) is 7.62. The van der Waals surface area contributed by atoms with Crippen LogP contribution in [0.4, 0.5) is 5.69 Å². The van der Waals surface area contributed by atoms with Crippen molar-refractivity contribution in [3.63, 3.8) is 0 Å². The fourth-order valence-electron chi connectivity index (χ4n) is 3.44. The van der Waals surface area contributed by atoms with Crippen LogP contribution >= 0.6 is 12.6 Å². The second-order valence-electron chi connectivity index (χ2n) is 6.35. The van der Waals surface area contributed by atoms with Crippen LogP contribution in [0.5, 0.6) is 0 Å². The van der Waals surface area contributed by atoms with E-state index in [0.29, 0.717) is 6.54 Å². The summed E-state index contributed by atoms with van der Waals surface area (Å²) >= 11 is 4.62. The van der Waals surface area contributed by atoms with Gasteiger partial charge in [0.2, 0.25) is 0 Å². The Balaban J connectivity index is 2.86. The zero-order chi connectivity index (χ0) is 16.8. The maximum absolute atomic E-state index is 13.3. The monoisotopic (exact) mass is 315 g/mol. The lowest BCUT2D eigenvalue weighted by Gasteiger charge is -2.39. The zero-order valence-electron chi connectivity index (χ0n) is 14.2. The molecule has 1 aliphatic heterocycles. The lowest BCUT2D eigenvalue weighted by atomic mass is 9.81. The summed E-state index contributed by atoms with van der Waals surface area (Å²) in [6, 6.07) is 0. The van der Waals surface area contributed by atoms with Crippen LogP contribution in [0.3, 0.4) is 0 Å². The SMILES string of the molecule is C=CCN1c2c(C)c(C)c(S)c(C)c2C(=O)C1(C)C(C)C=C. The Labute approximate surface area is 139 Å². The van der Waals surface area contributed by atoms with Crippen LogP contribution in [0.1, 0.15) is 40.9 Å². The third-order valence-corrected chi connectivity index (χ3v) is 5.98. The smallest absolute Gasteiger partial charge is 0.191 e. The quantitative estimate of drug-likeness (QED) is 0.643. The molecule has 2 rings (SSSR count). The van der Waals surface area contributed by atoms with Gasteiger partial charge in [0.05, 0.1) is 5.69 Å². The number of fused-ring (bicyclic) bond motifs is 1. The number of carbonyl (C=O) groups excluding carboxylic acids is 1. The first-order chi connectivity index (χ1) is 10.2. The Morgan fingerprint density at radius 3 is 2.32 bits per heavy atom. The van der Waals surface area contributed by atoms with Crippen molar-refractivity contribution in [3.05, 3.63) is 47.6 Å². The third-order valence-electron chi connectivity index (χ3n) is 5.31. The molecule has 3 heteroatoms. The topological polar surface area (TPSA) is 20.3 Å². The first-order valence-corrected chi connectivity index (χ1v) is 8.06. The lowest BCUT2D eigenvalue weighted by Crippen LogP contribution is -2.52. The summed E-state index contributed by atoms with van der Waals surface area (Å²) in [6.07, 6.45) is 3.72. The molecule has 0 aliphatic carbocycles. The van der Waals surface area contributed by atoms with Gasteiger partial charge in [-0.15, -0.1) is 25.8 Å². The second-order valence-corrected chi connectivity index (χ2v) is 6.79. The zero-order valence-corrected chi connectivity index (χ0v) is 15.1. The molecule has 0 saturated heterocycles. The van der Waals surface area contributed by atoms with Crippen molar-refractivity contribution in [2.45, 2.75) is 45.1 Å². The number of benzene rings is 1. The van der Waals surface area contributed by atoms with E-state index in [9.17, 15) is 4.79 Å². The van der Waals surface area contributed by atoms with Gasteiger partial charge in [-0.3, -0.25) is 4.79 Å². The van der Waals surface area contributed by atoms with E-state index in [1.54, 1.807) is 0 Å². The number of Topliss-reactive ketones (excluding diaryl/α,β-unsaturated/α-hetero) is 1. The Morgan fingerprint density at radius 2 is 1.82 bits per heavy atom. The van der Waals surface area contributed by atoms with Crippen molar-refractivity contribution < 1.29 is 4.79 Å². The van der Waals surface area contributed by atoms with Crippen LogP contribution in [0.25, 0.3) is 0 Å². The van der Waals surface area contributed by atoms with Gasteiger partial charge in [0, 0.05) is 22.9 Å². The summed E-state index contributed by atoms with van der Waals surface area (Å²) in [6.45, 7) is 18.6. The molecule has 2 unspecified atom stereocenters. The van der Waals surface area contributed by atoms with E-state index >= 15 is 0 Å². The average molecular weight is 315 g/mol. The number of nitrogens with zero attached hydrogens (tertiary/aromatic N) is 1. The van der Waals surface area contributed by atoms with E-state index in [0.717, 1.165) is 32.8 Å². The number of hydrogen-bond donors (Lipinski definition) is 1. The number of ketones is 1. The molecule has 0 aromatic heterocycles. The summed E-state index contributed by atoms with van der Waals surface area (Å²) in [5.74, 6) is 0.197. The Morgan fingerprint density at radius 1 is 1.23 bits per heavy atom. The minimum Gasteiger partial charge on any atom is -0.354 e. The first kappa shape index (κ1) is 16.9. The summed E-state index contributed by atoms with van der Waals surface area (Å²) in [7, 11) is 0. The largest absolute Gasteiger partial charge is 0.354 e. The minimum atomic E-state index is -0.623. The van der Waals surface area contributed by atoms with Gasteiger partial charge < -0.3 is 4.90 Å². The van der Waals surface area contributed by atoms with Gasteiger partial charge in [0.15, 0.2) is 5.78 Å². The van der Waals surface area contributed by atoms with E-state index in [1.165, 1.54) is 0 Å². The van der Waals surface area contributed by atoms with Gasteiger partial charge in [-0.2, -0.15) is 0 Å². The van der Waals surface area contributed by atoms with Gasteiger partial charge in [0.1, 0.15) is 5.54 Å². The maximum Gasteiger partial charge on any atom is 0.191 e. The predicted molar refractivity (Wildman–Crippen MR) is 97.5 cm³/mol. The van der Waals surface area contributed by atoms with Crippen LogP contribution in [-0.4, -0.2) is 17.9 Å². The molecular weight excluding hydrogens is 290 g/mol. The molecule has 1 aromatic rings. The molecule has 0 saturated carbocycles. The number of rotatable bonds is 4. The molecule has 1 aromatic carbocycles. The predicted octanol–water partition coefficient (Wildman–Crippen LogP) is 4.67. The second kappa shape index (κ2) is 5.62. The van der Waals surface area contributed by atoms with Crippen molar-refractivity contribution in [3.8, 4) is 0 Å². The molecular formula is C19H25NOS. The lowest BCUT2D eigenvalue weighted by molar-refractivity contribution is 0.0885. The van der Waals surface area contributed by atoms with Crippen molar-refractivity contribution in [2.75, 3.05) is 11.4 Å². The molecule has 2 atom stereocenters. The third kappa shape index (κ3) is 1.98. The highest BCUT2D eigenvalue weighted by atomic mass is 32.1. The average Bonchev–Trinajstić information content (AvgIpc) is 2.73. The molecule has 1 aliphatic rings. The Hall–Kier alpha value is -1.48. The number of carbonyl (C=O) groups is 1.